The Kier molecular flexibility index (Phi) is 4.49. The minimum Gasteiger partial charge on any atom is -0.479 e. The van der Waals surface area contributed by atoms with E-state index in [4.69, 9.17) is 9.47 Å². The number of fused-ring (bicyclic) bond motifs is 1. The third kappa shape index (κ3) is 2.68. The molecular formula is C16H19NO5. The van der Waals surface area contributed by atoms with E-state index in [9.17, 15) is 14.4 Å². The molecule has 0 fully saturated rings. The molecule has 6 nitrogen and oxygen atoms in total. The summed E-state index contributed by atoms with van der Waals surface area (Å²) in [4.78, 5) is 37.4. The number of amides is 1. The van der Waals surface area contributed by atoms with Crippen molar-refractivity contribution < 1.29 is 23.9 Å². The average Bonchev–Trinajstić information content (AvgIpc) is 2.53. The van der Waals surface area contributed by atoms with Crippen LogP contribution in [0, 0.1) is 0 Å². The number of hydrogen-bond donors (Lipinski definition) is 0. The number of Topliss-reactive ketones (excluding diaryl/α,β-unsaturated/α-hetero) is 1. The average molecular weight is 305 g/mol. The lowest BCUT2D eigenvalue weighted by molar-refractivity contribution is -0.143. The summed E-state index contributed by atoms with van der Waals surface area (Å²) < 4.78 is 10.3. The first-order chi connectivity index (χ1) is 10.4. The molecule has 0 N–H and O–H groups in total. The largest absolute Gasteiger partial charge is 0.479 e. The maximum Gasteiger partial charge on any atom is 0.328 e. The minimum absolute atomic E-state index is 0.0421. The molecule has 0 aromatic heterocycles. The van der Waals surface area contributed by atoms with E-state index in [1.165, 1.54) is 12.0 Å². The molecule has 6 heteroatoms. The zero-order valence-electron chi connectivity index (χ0n) is 13.1. The molecule has 0 bridgehead atoms. The van der Waals surface area contributed by atoms with Crippen molar-refractivity contribution in [3.8, 4) is 5.75 Å². The molecule has 2 unspecified atom stereocenters. The summed E-state index contributed by atoms with van der Waals surface area (Å²) in [5.41, 5.74) is 0.898. The number of nitrogens with zero attached hydrogens (tertiary/aromatic N) is 1. The first-order valence-electron chi connectivity index (χ1n) is 7.15. The molecule has 1 heterocycles. The van der Waals surface area contributed by atoms with E-state index in [-0.39, 0.29) is 11.7 Å². The van der Waals surface area contributed by atoms with Crippen LogP contribution in [0.2, 0.25) is 0 Å². The molecule has 1 aromatic rings. The second-order valence-corrected chi connectivity index (χ2v) is 5.13. The van der Waals surface area contributed by atoms with Gasteiger partial charge < -0.3 is 9.47 Å². The van der Waals surface area contributed by atoms with Gasteiger partial charge in [0.2, 0.25) is 0 Å². The zero-order valence-corrected chi connectivity index (χ0v) is 13.1. The summed E-state index contributed by atoms with van der Waals surface area (Å²) in [5.74, 6) is -0.442. The van der Waals surface area contributed by atoms with Crippen LogP contribution in [0.15, 0.2) is 18.2 Å². The van der Waals surface area contributed by atoms with Gasteiger partial charge in [0, 0.05) is 12.0 Å². The summed E-state index contributed by atoms with van der Waals surface area (Å²) in [6.45, 7) is 4.97. The van der Waals surface area contributed by atoms with Gasteiger partial charge in [0.05, 0.1) is 12.8 Å². The van der Waals surface area contributed by atoms with Crippen molar-refractivity contribution in [3.63, 3.8) is 0 Å². The first-order valence-corrected chi connectivity index (χ1v) is 7.15. The first kappa shape index (κ1) is 16.0. The molecule has 22 heavy (non-hydrogen) atoms. The van der Waals surface area contributed by atoms with Crippen LogP contribution in [0.1, 0.15) is 37.6 Å². The molecule has 1 aliphatic rings. The van der Waals surface area contributed by atoms with Crippen LogP contribution in [0.3, 0.4) is 0 Å². The molecule has 2 rings (SSSR count). The molecule has 1 amide bonds. The summed E-state index contributed by atoms with van der Waals surface area (Å²) in [6, 6.07) is 4.10. The summed E-state index contributed by atoms with van der Waals surface area (Å²) in [7, 11) is 1.27. The van der Waals surface area contributed by atoms with Crippen molar-refractivity contribution in [1.29, 1.82) is 0 Å². The van der Waals surface area contributed by atoms with Crippen molar-refractivity contribution in [1.82, 2.24) is 0 Å². The van der Waals surface area contributed by atoms with E-state index >= 15 is 0 Å². The molecule has 1 aliphatic heterocycles. The standard InChI is InChI=1S/C16H19NO5/c1-5-13(18)11-6-7-14-12(8-11)17(9(2)16(20)21-4)15(19)10(3)22-14/h6-10H,5H2,1-4H3. The Labute approximate surface area is 129 Å². The van der Waals surface area contributed by atoms with Gasteiger partial charge in [-0.05, 0) is 32.0 Å². The fourth-order valence-electron chi connectivity index (χ4n) is 2.41. The number of hydrogen-bond acceptors (Lipinski definition) is 5. The zero-order chi connectivity index (χ0) is 16.4. The fraction of sp³-hybridized carbons (Fsp3) is 0.438. The number of ketones is 1. The highest BCUT2D eigenvalue weighted by Gasteiger charge is 2.37. The number of ether oxygens (including phenoxy) is 2. The van der Waals surface area contributed by atoms with Crippen molar-refractivity contribution in [2.45, 2.75) is 39.3 Å². The van der Waals surface area contributed by atoms with Crippen molar-refractivity contribution in [3.05, 3.63) is 23.8 Å². The van der Waals surface area contributed by atoms with E-state index in [0.29, 0.717) is 23.4 Å². The molecular weight excluding hydrogens is 286 g/mol. The van der Waals surface area contributed by atoms with E-state index in [1.54, 1.807) is 39.0 Å². The quantitative estimate of drug-likeness (QED) is 0.628. The van der Waals surface area contributed by atoms with Crippen molar-refractivity contribution in [2.75, 3.05) is 12.0 Å². The number of benzene rings is 1. The monoisotopic (exact) mass is 305 g/mol. The highest BCUT2D eigenvalue weighted by molar-refractivity contribution is 6.06. The van der Waals surface area contributed by atoms with Crippen LogP contribution in [-0.4, -0.2) is 36.9 Å². The number of anilines is 1. The van der Waals surface area contributed by atoms with Crippen molar-refractivity contribution >= 4 is 23.3 Å². The highest BCUT2D eigenvalue weighted by Crippen LogP contribution is 2.36. The second kappa shape index (κ2) is 6.17. The van der Waals surface area contributed by atoms with Gasteiger partial charge in [-0.25, -0.2) is 4.79 Å². The molecule has 0 aliphatic carbocycles. The number of methoxy groups -OCH3 is 1. The van der Waals surface area contributed by atoms with Crippen molar-refractivity contribution in [2.24, 2.45) is 0 Å². The molecule has 1 aromatic carbocycles. The Bertz CT molecular complexity index is 625. The van der Waals surface area contributed by atoms with Crippen LogP contribution < -0.4 is 9.64 Å². The molecule has 0 saturated heterocycles. The molecule has 0 saturated carbocycles. The number of esters is 1. The van der Waals surface area contributed by atoms with Gasteiger partial charge in [-0.1, -0.05) is 6.92 Å². The fourth-order valence-corrected chi connectivity index (χ4v) is 2.41. The number of carbonyl (C=O) groups excluding carboxylic acids is 3. The maximum absolute atomic E-state index is 12.4. The molecule has 0 radical (unpaired) electrons. The third-order valence-electron chi connectivity index (χ3n) is 3.68. The highest BCUT2D eigenvalue weighted by atomic mass is 16.5. The summed E-state index contributed by atoms with van der Waals surface area (Å²) in [5, 5.41) is 0. The lowest BCUT2D eigenvalue weighted by Crippen LogP contribution is -2.51. The topological polar surface area (TPSA) is 72.9 Å². The normalized spacial score (nSPS) is 18.3. The molecule has 0 spiro atoms. The Balaban J connectivity index is 2.52. The Morgan fingerprint density at radius 2 is 2.09 bits per heavy atom. The van der Waals surface area contributed by atoms with E-state index in [2.05, 4.69) is 0 Å². The van der Waals surface area contributed by atoms with E-state index in [1.807, 2.05) is 0 Å². The van der Waals surface area contributed by atoms with Crippen LogP contribution in [0.4, 0.5) is 5.69 Å². The van der Waals surface area contributed by atoms with Crippen LogP contribution in [0.5, 0.6) is 5.75 Å². The summed E-state index contributed by atoms with van der Waals surface area (Å²) >= 11 is 0. The van der Waals surface area contributed by atoms with Crippen LogP contribution in [0.25, 0.3) is 0 Å². The smallest absolute Gasteiger partial charge is 0.328 e. The van der Waals surface area contributed by atoms with Crippen LogP contribution >= 0.6 is 0 Å². The Morgan fingerprint density at radius 1 is 1.41 bits per heavy atom. The lowest BCUT2D eigenvalue weighted by atomic mass is 10.0. The number of carbonyl (C=O) groups is 3. The van der Waals surface area contributed by atoms with E-state index in [0.717, 1.165) is 0 Å². The predicted molar refractivity (Wildman–Crippen MR) is 80.1 cm³/mol. The summed E-state index contributed by atoms with van der Waals surface area (Å²) in [6.07, 6.45) is -0.344. The SMILES string of the molecule is CCC(=O)c1ccc2c(c1)N(C(C)C(=O)OC)C(=O)C(C)O2. The third-order valence-corrected chi connectivity index (χ3v) is 3.68. The van der Waals surface area contributed by atoms with Gasteiger partial charge in [0.15, 0.2) is 11.9 Å². The minimum atomic E-state index is -0.797. The molecule has 118 valence electrons. The van der Waals surface area contributed by atoms with Crippen LogP contribution in [-0.2, 0) is 14.3 Å². The van der Waals surface area contributed by atoms with E-state index < -0.39 is 18.1 Å². The predicted octanol–water partition coefficient (Wildman–Crippen LogP) is 1.95. The van der Waals surface area contributed by atoms with Gasteiger partial charge in [-0.2, -0.15) is 0 Å². The Hall–Kier alpha value is -2.37. The van der Waals surface area contributed by atoms with Gasteiger partial charge in [0.1, 0.15) is 11.8 Å². The van der Waals surface area contributed by atoms with Gasteiger partial charge in [0.25, 0.3) is 5.91 Å². The molecule has 2 atom stereocenters. The lowest BCUT2D eigenvalue weighted by Gasteiger charge is -2.35. The number of rotatable bonds is 4. The van der Waals surface area contributed by atoms with Gasteiger partial charge >= 0.3 is 5.97 Å². The second-order valence-electron chi connectivity index (χ2n) is 5.13. The maximum atomic E-state index is 12.4. The van der Waals surface area contributed by atoms with Gasteiger partial charge in [-0.3, -0.25) is 14.5 Å². The van der Waals surface area contributed by atoms with Gasteiger partial charge in [-0.15, -0.1) is 0 Å². The Morgan fingerprint density at radius 3 is 2.68 bits per heavy atom.